The summed E-state index contributed by atoms with van der Waals surface area (Å²) >= 11 is 0. The molecule has 118 valence electrons. The first-order chi connectivity index (χ1) is 11.0. The zero-order chi connectivity index (χ0) is 16.6. The Kier molecular flexibility index (Phi) is 3.86. The number of rotatable bonds is 3. The van der Waals surface area contributed by atoms with E-state index < -0.39 is 0 Å². The van der Waals surface area contributed by atoms with Gasteiger partial charge in [-0.25, -0.2) is 9.97 Å². The standard InChI is InChI=1S/C18H20N4O/c1-11-7-5-6-8-15(11)10-16-14(4)21-22(17(16)23)18-19-12(2)9-13(3)20-18/h5-9,21H,10H2,1-4H3. The van der Waals surface area contributed by atoms with Crippen LogP contribution in [0.25, 0.3) is 5.95 Å². The molecule has 0 spiro atoms. The van der Waals surface area contributed by atoms with E-state index in [2.05, 4.69) is 34.1 Å². The van der Waals surface area contributed by atoms with E-state index in [1.807, 2.05) is 39.0 Å². The zero-order valence-corrected chi connectivity index (χ0v) is 13.8. The summed E-state index contributed by atoms with van der Waals surface area (Å²) in [4.78, 5) is 21.5. The highest BCUT2D eigenvalue weighted by Crippen LogP contribution is 2.14. The summed E-state index contributed by atoms with van der Waals surface area (Å²) in [7, 11) is 0. The van der Waals surface area contributed by atoms with Crippen LogP contribution in [-0.4, -0.2) is 19.7 Å². The minimum atomic E-state index is -0.0873. The van der Waals surface area contributed by atoms with Crippen LogP contribution < -0.4 is 5.56 Å². The van der Waals surface area contributed by atoms with Gasteiger partial charge in [-0.1, -0.05) is 24.3 Å². The molecule has 2 heterocycles. The van der Waals surface area contributed by atoms with E-state index in [1.54, 1.807) is 0 Å². The van der Waals surface area contributed by atoms with Crippen LogP contribution in [0.1, 0.15) is 33.8 Å². The lowest BCUT2D eigenvalue weighted by atomic mass is 10.0. The van der Waals surface area contributed by atoms with Crippen molar-refractivity contribution < 1.29 is 0 Å². The molecule has 0 fully saturated rings. The van der Waals surface area contributed by atoms with Crippen molar-refractivity contribution in [3.63, 3.8) is 0 Å². The fourth-order valence-corrected chi connectivity index (χ4v) is 2.74. The van der Waals surface area contributed by atoms with Crippen LogP contribution in [-0.2, 0) is 6.42 Å². The van der Waals surface area contributed by atoms with Gasteiger partial charge in [-0.2, -0.15) is 4.68 Å². The number of nitrogens with zero attached hydrogens (tertiary/aromatic N) is 3. The summed E-state index contributed by atoms with van der Waals surface area (Å²) in [6.45, 7) is 7.76. The maximum absolute atomic E-state index is 12.8. The Morgan fingerprint density at radius 3 is 2.35 bits per heavy atom. The largest absolute Gasteiger partial charge is 0.292 e. The maximum atomic E-state index is 12.8. The SMILES string of the molecule is Cc1cc(C)nc(-n2[nH]c(C)c(Cc3ccccc3C)c2=O)n1. The third kappa shape index (κ3) is 2.95. The third-order valence-corrected chi connectivity index (χ3v) is 3.99. The third-order valence-electron chi connectivity index (χ3n) is 3.99. The van der Waals surface area contributed by atoms with E-state index in [4.69, 9.17) is 0 Å². The predicted molar refractivity (Wildman–Crippen MR) is 90.2 cm³/mol. The molecule has 0 radical (unpaired) electrons. The molecular weight excluding hydrogens is 288 g/mol. The zero-order valence-electron chi connectivity index (χ0n) is 13.8. The van der Waals surface area contributed by atoms with Gasteiger partial charge < -0.3 is 0 Å². The molecule has 0 bridgehead atoms. The molecule has 0 aliphatic heterocycles. The second-order valence-corrected chi connectivity index (χ2v) is 5.91. The molecule has 2 aromatic heterocycles. The van der Waals surface area contributed by atoms with Gasteiger partial charge in [0.25, 0.3) is 11.5 Å². The van der Waals surface area contributed by atoms with Crippen LogP contribution >= 0.6 is 0 Å². The number of aryl methyl sites for hydroxylation is 4. The molecule has 3 aromatic rings. The van der Waals surface area contributed by atoms with Crippen molar-refractivity contribution in [3.8, 4) is 5.95 Å². The Bertz CT molecular complexity index is 901. The van der Waals surface area contributed by atoms with Crippen LogP contribution in [0.3, 0.4) is 0 Å². The molecular formula is C18H20N4O. The first-order valence-electron chi connectivity index (χ1n) is 7.63. The van der Waals surface area contributed by atoms with Crippen LogP contribution in [0, 0.1) is 27.7 Å². The van der Waals surface area contributed by atoms with Gasteiger partial charge in [0.2, 0.25) is 0 Å². The summed E-state index contributed by atoms with van der Waals surface area (Å²) in [6, 6.07) is 10.0. The number of hydrogen-bond donors (Lipinski definition) is 1. The average molecular weight is 308 g/mol. The number of aromatic nitrogens is 4. The van der Waals surface area contributed by atoms with Crippen molar-refractivity contribution in [2.45, 2.75) is 34.1 Å². The number of aromatic amines is 1. The van der Waals surface area contributed by atoms with Gasteiger partial charge in [0.15, 0.2) is 0 Å². The fraction of sp³-hybridized carbons (Fsp3) is 0.278. The Balaban J connectivity index is 2.06. The summed E-state index contributed by atoms with van der Waals surface area (Å²) in [5, 5.41) is 3.10. The van der Waals surface area contributed by atoms with Gasteiger partial charge in [-0.05, 0) is 44.9 Å². The molecule has 0 atom stereocenters. The lowest BCUT2D eigenvalue weighted by molar-refractivity contribution is 0.762. The van der Waals surface area contributed by atoms with Crippen LogP contribution in [0.15, 0.2) is 35.1 Å². The second-order valence-electron chi connectivity index (χ2n) is 5.91. The van der Waals surface area contributed by atoms with Gasteiger partial charge >= 0.3 is 0 Å². The normalized spacial score (nSPS) is 11.0. The summed E-state index contributed by atoms with van der Waals surface area (Å²) in [6.07, 6.45) is 0.603. The highest BCUT2D eigenvalue weighted by Gasteiger charge is 2.15. The fourth-order valence-electron chi connectivity index (χ4n) is 2.74. The molecule has 23 heavy (non-hydrogen) atoms. The Morgan fingerprint density at radius 2 is 1.70 bits per heavy atom. The summed E-state index contributed by atoms with van der Waals surface area (Å²) in [5.74, 6) is 0.395. The van der Waals surface area contributed by atoms with E-state index in [-0.39, 0.29) is 5.56 Å². The Hall–Kier alpha value is -2.69. The van der Waals surface area contributed by atoms with Crippen LogP contribution in [0.2, 0.25) is 0 Å². The molecule has 0 unspecified atom stereocenters. The Labute approximate surface area is 135 Å². The van der Waals surface area contributed by atoms with E-state index in [0.717, 1.165) is 28.2 Å². The topological polar surface area (TPSA) is 63.6 Å². The quantitative estimate of drug-likeness (QED) is 0.809. The van der Waals surface area contributed by atoms with Gasteiger partial charge in [0.05, 0.1) is 0 Å². The predicted octanol–water partition coefficient (Wildman–Crippen LogP) is 2.78. The maximum Gasteiger partial charge on any atom is 0.277 e. The monoisotopic (exact) mass is 308 g/mol. The van der Waals surface area contributed by atoms with Crippen molar-refractivity contribution in [2.75, 3.05) is 0 Å². The van der Waals surface area contributed by atoms with Gasteiger partial charge in [0, 0.05) is 29.1 Å². The number of H-pyrrole nitrogens is 1. The molecule has 0 saturated carbocycles. The number of hydrogen-bond acceptors (Lipinski definition) is 3. The van der Waals surface area contributed by atoms with E-state index in [9.17, 15) is 4.79 Å². The van der Waals surface area contributed by atoms with Crippen molar-refractivity contribution >= 4 is 0 Å². The van der Waals surface area contributed by atoms with E-state index in [0.29, 0.717) is 12.4 Å². The molecule has 3 rings (SSSR count). The van der Waals surface area contributed by atoms with Gasteiger partial charge in [0.1, 0.15) is 0 Å². The lowest BCUT2D eigenvalue weighted by Crippen LogP contribution is -2.20. The smallest absolute Gasteiger partial charge is 0.277 e. The first kappa shape index (κ1) is 15.2. The Morgan fingerprint density at radius 1 is 1.04 bits per heavy atom. The van der Waals surface area contributed by atoms with Crippen LogP contribution in [0.5, 0.6) is 0 Å². The molecule has 5 heteroatoms. The second kappa shape index (κ2) is 5.83. The molecule has 0 saturated heterocycles. The first-order valence-corrected chi connectivity index (χ1v) is 7.63. The van der Waals surface area contributed by atoms with Crippen molar-refractivity contribution in [1.29, 1.82) is 0 Å². The highest BCUT2D eigenvalue weighted by molar-refractivity contribution is 5.33. The van der Waals surface area contributed by atoms with Gasteiger partial charge in [-0.15, -0.1) is 0 Å². The molecule has 0 aliphatic carbocycles. The highest BCUT2D eigenvalue weighted by atomic mass is 16.1. The average Bonchev–Trinajstić information content (AvgIpc) is 2.76. The van der Waals surface area contributed by atoms with Crippen LogP contribution in [0.4, 0.5) is 0 Å². The minimum absolute atomic E-state index is 0.0873. The molecule has 0 aliphatic rings. The lowest BCUT2D eigenvalue weighted by Gasteiger charge is -2.03. The summed E-state index contributed by atoms with van der Waals surface area (Å²) < 4.78 is 1.43. The molecule has 1 aromatic carbocycles. The minimum Gasteiger partial charge on any atom is -0.292 e. The van der Waals surface area contributed by atoms with E-state index in [1.165, 1.54) is 10.2 Å². The molecule has 5 nitrogen and oxygen atoms in total. The molecule has 0 amide bonds. The van der Waals surface area contributed by atoms with Crippen molar-refractivity contribution in [3.05, 3.63) is 74.5 Å². The molecule has 1 N–H and O–H groups in total. The van der Waals surface area contributed by atoms with Crippen molar-refractivity contribution in [2.24, 2.45) is 0 Å². The van der Waals surface area contributed by atoms with Gasteiger partial charge in [-0.3, -0.25) is 9.89 Å². The van der Waals surface area contributed by atoms with Crippen molar-refractivity contribution in [1.82, 2.24) is 19.7 Å². The number of nitrogens with one attached hydrogen (secondary N) is 1. The number of benzene rings is 1. The summed E-state index contributed by atoms with van der Waals surface area (Å²) in [5.41, 5.74) is 5.53. The van der Waals surface area contributed by atoms with E-state index >= 15 is 0 Å².